The van der Waals surface area contributed by atoms with Crippen molar-refractivity contribution >= 4 is 27.1 Å². The molecule has 0 aliphatic heterocycles. The van der Waals surface area contributed by atoms with E-state index in [0.29, 0.717) is 11.3 Å². The Morgan fingerprint density at radius 2 is 2.00 bits per heavy atom. The number of benzene rings is 1. The number of carbonyl (C=O) groups excluding carboxylic acids is 1. The van der Waals surface area contributed by atoms with Crippen molar-refractivity contribution in [2.75, 3.05) is 6.54 Å². The third-order valence-corrected chi connectivity index (χ3v) is 7.05. The first-order valence-electron chi connectivity index (χ1n) is 7.47. The molecule has 0 unspecified atom stereocenters. The van der Waals surface area contributed by atoms with E-state index in [9.17, 15) is 13.2 Å². The minimum Gasteiger partial charge on any atom is -0.354 e. The van der Waals surface area contributed by atoms with Gasteiger partial charge >= 0.3 is 0 Å². The van der Waals surface area contributed by atoms with Gasteiger partial charge in [-0.15, -0.1) is 11.3 Å². The smallest absolute Gasteiger partial charge is 0.219 e. The number of rotatable bonds is 6. The summed E-state index contributed by atoms with van der Waals surface area (Å²) >= 11 is 1.39. The predicted molar refractivity (Wildman–Crippen MR) is 93.5 cm³/mol. The van der Waals surface area contributed by atoms with Crippen molar-refractivity contribution in [3.63, 3.8) is 0 Å². The highest BCUT2D eigenvalue weighted by Crippen LogP contribution is 2.33. The Kier molecular flexibility index (Phi) is 5.59. The molecule has 6 heteroatoms. The maximum atomic E-state index is 13.2. The molecule has 1 aromatic heterocycles. The number of aryl methyl sites for hydroxylation is 2. The van der Waals surface area contributed by atoms with E-state index in [-0.39, 0.29) is 12.5 Å². The third-order valence-electron chi connectivity index (χ3n) is 3.69. The highest BCUT2D eigenvalue weighted by Gasteiger charge is 2.31. The van der Waals surface area contributed by atoms with Crippen molar-refractivity contribution in [1.29, 1.82) is 0 Å². The summed E-state index contributed by atoms with van der Waals surface area (Å²) in [5.74, 6) is -0.150. The summed E-state index contributed by atoms with van der Waals surface area (Å²) in [5, 5.41) is 3.80. The molecule has 0 spiro atoms. The summed E-state index contributed by atoms with van der Waals surface area (Å²) in [6.07, 6.45) is 0.334. The van der Waals surface area contributed by atoms with E-state index in [0.717, 1.165) is 16.0 Å². The van der Waals surface area contributed by atoms with Crippen LogP contribution < -0.4 is 5.32 Å². The molecular formula is C17H21NO3S2. The van der Waals surface area contributed by atoms with Crippen molar-refractivity contribution in [3.05, 3.63) is 51.7 Å². The molecule has 1 heterocycles. The largest absolute Gasteiger partial charge is 0.354 e. The number of hydrogen-bond donors (Lipinski definition) is 1. The average Bonchev–Trinajstić information content (AvgIpc) is 3.03. The molecule has 1 N–H and O–H groups in total. The Balaban J connectivity index is 2.44. The van der Waals surface area contributed by atoms with Crippen molar-refractivity contribution < 1.29 is 13.2 Å². The summed E-state index contributed by atoms with van der Waals surface area (Å²) in [6.45, 7) is 5.50. The van der Waals surface area contributed by atoms with Gasteiger partial charge in [-0.2, -0.15) is 0 Å². The molecule has 0 saturated carbocycles. The molecule has 124 valence electrons. The first kappa shape index (κ1) is 17.7. The van der Waals surface area contributed by atoms with Gasteiger partial charge in [0, 0.05) is 17.8 Å². The lowest BCUT2D eigenvalue weighted by Gasteiger charge is -2.19. The van der Waals surface area contributed by atoms with Crippen LogP contribution in [0.3, 0.4) is 0 Å². The van der Waals surface area contributed by atoms with Gasteiger partial charge in [0.05, 0.1) is 4.90 Å². The van der Waals surface area contributed by atoms with Crippen LogP contribution in [-0.4, -0.2) is 20.9 Å². The lowest BCUT2D eigenvalue weighted by molar-refractivity contribution is -0.120. The van der Waals surface area contributed by atoms with E-state index in [4.69, 9.17) is 0 Å². The quantitative estimate of drug-likeness (QED) is 0.867. The number of amides is 1. The molecule has 0 aliphatic carbocycles. The van der Waals surface area contributed by atoms with Crippen LogP contribution in [-0.2, 0) is 14.6 Å². The van der Waals surface area contributed by atoms with Gasteiger partial charge in [-0.25, -0.2) is 8.42 Å². The fraction of sp³-hybridized carbons (Fsp3) is 0.353. The minimum absolute atomic E-state index is 0.0862. The molecule has 1 amide bonds. The standard InChI is InChI=1S/C17H21NO3S2/c1-4-17(19)18-11-16(14-6-5-9-22-14)23(20,21)15-10-12(2)7-8-13(15)3/h5-10,16H,4,11H2,1-3H3,(H,18,19)/t16-/m1/s1. The van der Waals surface area contributed by atoms with Crippen molar-refractivity contribution in [3.8, 4) is 0 Å². The second-order valence-corrected chi connectivity index (χ2v) is 8.55. The van der Waals surface area contributed by atoms with Crippen molar-refractivity contribution in [2.24, 2.45) is 0 Å². The van der Waals surface area contributed by atoms with Crippen LogP contribution >= 0.6 is 11.3 Å². The molecule has 1 atom stereocenters. The second kappa shape index (κ2) is 7.27. The van der Waals surface area contributed by atoms with Crippen LogP contribution in [0.15, 0.2) is 40.6 Å². The van der Waals surface area contributed by atoms with Gasteiger partial charge in [0.15, 0.2) is 9.84 Å². The van der Waals surface area contributed by atoms with Crippen LogP contribution in [0.5, 0.6) is 0 Å². The Morgan fingerprint density at radius 1 is 1.26 bits per heavy atom. The van der Waals surface area contributed by atoms with E-state index < -0.39 is 15.1 Å². The molecule has 2 rings (SSSR count). The first-order valence-corrected chi connectivity index (χ1v) is 9.90. The fourth-order valence-corrected chi connectivity index (χ4v) is 5.45. The Hall–Kier alpha value is -1.66. The molecule has 0 bridgehead atoms. The van der Waals surface area contributed by atoms with Crippen LogP contribution in [0.25, 0.3) is 0 Å². The van der Waals surface area contributed by atoms with Gasteiger partial charge in [-0.1, -0.05) is 25.1 Å². The molecule has 2 aromatic rings. The Labute approximate surface area is 141 Å². The lowest BCUT2D eigenvalue weighted by Crippen LogP contribution is -2.31. The topological polar surface area (TPSA) is 63.2 Å². The number of hydrogen-bond acceptors (Lipinski definition) is 4. The van der Waals surface area contributed by atoms with E-state index in [1.165, 1.54) is 11.3 Å². The molecule has 0 fully saturated rings. The Morgan fingerprint density at radius 3 is 2.61 bits per heavy atom. The van der Waals surface area contributed by atoms with Gasteiger partial charge in [0.25, 0.3) is 0 Å². The first-order chi connectivity index (χ1) is 10.9. The number of sulfone groups is 1. The molecule has 0 aliphatic rings. The number of carbonyl (C=O) groups is 1. The second-order valence-electron chi connectivity index (χ2n) is 5.48. The third kappa shape index (κ3) is 4.00. The van der Waals surface area contributed by atoms with Gasteiger partial charge in [-0.05, 0) is 42.5 Å². The molecular weight excluding hydrogens is 330 g/mol. The summed E-state index contributed by atoms with van der Waals surface area (Å²) in [7, 11) is -3.59. The maximum absolute atomic E-state index is 13.2. The van der Waals surface area contributed by atoms with Gasteiger partial charge in [0.2, 0.25) is 5.91 Å². The minimum atomic E-state index is -3.59. The molecule has 1 aromatic carbocycles. The molecule has 4 nitrogen and oxygen atoms in total. The predicted octanol–water partition coefficient (Wildman–Crippen LogP) is 3.41. The van der Waals surface area contributed by atoms with Crippen LogP contribution in [0.1, 0.15) is 34.6 Å². The molecule has 23 heavy (non-hydrogen) atoms. The normalized spacial score (nSPS) is 12.8. The van der Waals surface area contributed by atoms with Gasteiger partial charge in [0.1, 0.15) is 5.25 Å². The van der Waals surface area contributed by atoms with Gasteiger partial charge < -0.3 is 5.32 Å². The molecule has 0 radical (unpaired) electrons. The average molecular weight is 351 g/mol. The van der Waals surface area contributed by atoms with Crippen LogP contribution in [0.2, 0.25) is 0 Å². The molecule has 0 saturated heterocycles. The van der Waals surface area contributed by atoms with E-state index in [2.05, 4.69) is 5.32 Å². The highest BCUT2D eigenvalue weighted by atomic mass is 32.2. The zero-order valence-corrected chi connectivity index (χ0v) is 15.1. The number of thiophene rings is 1. The van der Waals surface area contributed by atoms with Crippen LogP contribution in [0.4, 0.5) is 0 Å². The lowest BCUT2D eigenvalue weighted by atomic mass is 10.2. The SMILES string of the molecule is CCC(=O)NC[C@H](c1cccs1)S(=O)(=O)c1cc(C)ccc1C. The summed E-state index contributed by atoms with van der Waals surface area (Å²) in [5.41, 5.74) is 1.62. The monoisotopic (exact) mass is 351 g/mol. The number of nitrogens with one attached hydrogen (secondary N) is 1. The van der Waals surface area contributed by atoms with Crippen LogP contribution in [0, 0.1) is 13.8 Å². The van der Waals surface area contributed by atoms with Crippen molar-refractivity contribution in [1.82, 2.24) is 5.32 Å². The highest BCUT2D eigenvalue weighted by molar-refractivity contribution is 7.92. The summed E-state index contributed by atoms with van der Waals surface area (Å²) in [6, 6.07) is 9.04. The van der Waals surface area contributed by atoms with E-state index in [1.807, 2.05) is 30.5 Å². The zero-order chi connectivity index (χ0) is 17.0. The van der Waals surface area contributed by atoms with E-state index >= 15 is 0 Å². The fourth-order valence-electron chi connectivity index (χ4n) is 2.34. The summed E-state index contributed by atoms with van der Waals surface area (Å²) in [4.78, 5) is 12.6. The van der Waals surface area contributed by atoms with E-state index in [1.54, 1.807) is 26.0 Å². The maximum Gasteiger partial charge on any atom is 0.219 e. The van der Waals surface area contributed by atoms with Crippen molar-refractivity contribution in [2.45, 2.75) is 37.3 Å². The zero-order valence-electron chi connectivity index (χ0n) is 13.5. The summed E-state index contributed by atoms with van der Waals surface area (Å²) < 4.78 is 26.3. The Bertz CT molecular complexity index is 780. The van der Waals surface area contributed by atoms with Gasteiger partial charge in [-0.3, -0.25) is 4.79 Å².